The van der Waals surface area contributed by atoms with Gasteiger partial charge in [-0.1, -0.05) is 70.2 Å². The average molecular weight is 430 g/mol. The fourth-order valence-electron chi connectivity index (χ4n) is 3.02. The van der Waals surface area contributed by atoms with Gasteiger partial charge in [0, 0.05) is 20.4 Å². The van der Waals surface area contributed by atoms with Crippen molar-refractivity contribution in [3.63, 3.8) is 0 Å². The van der Waals surface area contributed by atoms with Crippen molar-refractivity contribution in [2.45, 2.75) is 77.8 Å². The Morgan fingerprint density at radius 2 is 0.778 bits per heavy atom. The molecule has 0 atom stereocenters. The Balaban J connectivity index is -0.000000177. The predicted molar refractivity (Wildman–Crippen MR) is 81.2 cm³/mol. The zero-order chi connectivity index (χ0) is 13.8. The maximum Gasteiger partial charge on any atom is 0 e. The smallest absolute Gasteiger partial charge is 0 e. The van der Waals surface area contributed by atoms with Crippen LogP contribution >= 0.6 is 7.92 Å². The number of hydrogen-bond acceptors (Lipinski definition) is 0. The summed E-state index contributed by atoms with van der Waals surface area (Å²) in [6.07, 6.45) is 1.50. The third kappa shape index (κ3) is 12.6. The first kappa shape index (κ1) is 27.8. The Hall–Kier alpha value is 1.57. The molecule has 0 saturated carbocycles. The van der Waals surface area contributed by atoms with E-state index in [1.807, 2.05) is 0 Å². The molecule has 0 aromatic carbocycles. The molecule has 0 aliphatic carbocycles. The second-order valence-electron chi connectivity index (χ2n) is 7.14. The van der Waals surface area contributed by atoms with Crippen LogP contribution in [0.25, 0.3) is 0 Å². The summed E-state index contributed by atoms with van der Waals surface area (Å²) in [5, 5.41) is 1.35. The molecule has 115 valence electrons. The number of rotatable bonds is 0. The Labute approximate surface area is 143 Å². The molecule has 0 heterocycles. The molecule has 0 aromatic rings. The van der Waals surface area contributed by atoms with Crippen molar-refractivity contribution in [2.75, 3.05) is 0 Å². The summed E-state index contributed by atoms with van der Waals surface area (Å²) >= 11 is 0. The van der Waals surface area contributed by atoms with E-state index in [9.17, 15) is 0 Å². The van der Waals surface area contributed by atoms with Gasteiger partial charge in [0.25, 0.3) is 0 Å². The summed E-state index contributed by atoms with van der Waals surface area (Å²) in [6, 6.07) is 0. The van der Waals surface area contributed by atoms with Crippen molar-refractivity contribution in [1.82, 2.24) is 0 Å². The molecular formula is C15H32BrPPd-. The first-order valence-corrected chi connectivity index (χ1v) is 7.33. The van der Waals surface area contributed by atoms with Crippen LogP contribution in [-0.2, 0) is 20.4 Å². The third-order valence-corrected chi connectivity index (χ3v) is 6.04. The quantitative estimate of drug-likeness (QED) is 0.410. The van der Waals surface area contributed by atoms with Crippen molar-refractivity contribution in [1.29, 1.82) is 0 Å². The van der Waals surface area contributed by atoms with E-state index in [2.05, 4.69) is 76.2 Å². The van der Waals surface area contributed by atoms with Crippen LogP contribution in [0.3, 0.4) is 0 Å². The zero-order valence-electron chi connectivity index (χ0n) is 13.6. The topological polar surface area (TPSA) is 0 Å². The maximum atomic E-state index is 3.25. The summed E-state index contributed by atoms with van der Waals surface area (Å²) in [7, 11) is 0.0162. The van der Waals surface area contributed by atoms with Crippen molar-refractivity contribution >= 4 is 7.92 Å². The standard InChI is InChI=1S/C12H27P.C3H5.BrH.Pd/c1-10(2,3)13(11(4,5)6)12(7,8)9;1-3-2;;/h1-9H3;3H,1-2H2;1H;/p-1. The minimum atomic E-state index is 0. The van der Waals surface area contributed by atoms with Gasteiger partial charge in [0.05, 0.1) is 0 Å². The molecule has 0 N–H and O–H groups in total. The molecule has 0 spiro atoms. The van der Waals surface area contributed by atoms with Crippen LogP contribution in [0.2, 0.25) is 0 Å². The van der Waals surface area contributed by atoms with Gasteiger partial charge in [0.2, 0.25) is 0 Å². The van der Waals surface area contributed by atoms with Gasteiger partial charge < -0.3 is 17.0 Å². The largest absolute Gasteiger partial charge is 1.00 e. The monoisotopic (exact) mass is 428 g/mol. The molecule has 18 heavy (non-hydrogen) atoms. The van der Waals surface area contributed by atoms with Crippen LogP contribution in [0.15, 0.2) is 0 Å². The molecule has 0 fully saturated rings. The Morgan fingerprint density at radius 1 is 0.667 bits per heavy atom. The van der Waals surface area contributed by atoms with E-state index in [1.54, 1.807) is 0 Å². The average Bonchev–Trinajstić information content (AvgIpc) is 1.74. The summed E-state index contributed by atoms with van der Waals surface area (Å²) in [4.78, 5) is 0. The molecule has 0 aliphatic heterocycles. The van der Waals surface area contributed by atoms with Gasteiger partial charge in [-0.25, -0.2) is 0 Å². The van der Waals surface area contributed by atoms with E-state index in [1.165, 1.54) is 6.42 Å². The molecule has 0 unspecified atom stereocenters. The number of halogens is 1. The SMILES string of the molecule is CC(C)(C)P(C(C)(C)C)C(C)(C)C.[Br-].[CH2][CH][CH2].[Pd]. The molecular weight excluding hydrogens is 397 g/mol. The van der Waals surface area contributed by atoms with Gasteiger partial charge in [-0.3, -0.25) is 0 Å². The van der Waals surface area contributed by atoms with E-state index in [0.717, 1.165) is 0 Å². The Morgan fingerprint density at radius 3 is 0.778 bits per heavy atom. The van der Waals surface area contributed by atoms with Gasteiger partial charge in [-0.05, 0) is 35.7 Å². The maximum absolute atomic E-state index is 3.25. The van der Waals surface area contributed by atoms with Crippen LogP contribution in [0.1, 0.15) is 62.3 Å². The molecule has 3 heteroatoms. The third-order valence-electron chi connectivity index (χ3n) is 2.01. The van der Waals surface area contributed by atoms with E-state index in [0.29, 0.717) is 15.5 Å². The van der Waals surface area contributed by atoms with E-state index in [-0.39, 0.29) is 45.3 Å². The van der Waals surface area contributed by atoms with Gasteiger partial charge >= 0.3 is 0 Å². The van der Waals surface area contributed by atoms with E-state index in [4.69, 9.17) is 0 Å². The van der Waals surface area contributed by atoms with Crippen molar-refractivity contribution in [2.24, 2.45) is 0 Å². The van der Waals surface area contributed by atoms with Crippen LogP contribution in [0.4, 0.5) is 0 Å². The molecule has 0 aliphatic rings. The molecule has 0 saturated heterocycles. The molecule has 3 radical (unpaired) electrons. The van der Waals surface area contributed by atoms with Crippen LogP contribution < -0.4 is 17.0 Å². The minimum Gasteiger partial charge on any atom is -1.00 e. The second-order valence-corrected chi connectivity index (χ2v) is 11.8. The summed E-state index contributed by atoms with van der Waals surface area (Å²) in [5.74, 6) is 0. The Bertz CT molecular complexity index is 151. The van der Waals surface area contributed by atoms with Gasteiger partial charge in [0.1, 0.15) is 0 Å². The first-order valence-electron chi connectivity index (χ1n) is 5.99. The summed E-state index contributed by atoms with van der Waals surface area (Å²) in [5.41, 5.74) is 0. The Kier molecular flexibility index (Phi) is 16.0. The van der Waals surface area contributed by atoms with Crippen molar-refractivity contribution in [3.05, 3.63) is 20.3 Å². The van der Waals surface area contributed by atoms with Gasteiger partial charge in [0.15, 0.2) is 0 Å². The van der Waals surface area contributed by atoms with Crippen LogP contribution in [0, 0.1) is 20.3 Å². The molecule has 0 rings (SSSR count). The molecule has 0 nitrogen and oxygen atoms in total. The van der Waals surface area contributed by atoms with Crippen LogP contribution in [0.5, 0.6) is 0 Å². The fourth-order valence-corrected chi connectivity index (χ4v) is 9.06. The summed E-state index contributed by atoms with van der Waals surface area (Å²) < 4.78 is 0. The van der Waals surface area contributed by atoms with Crippen molar-refractivity contribution < 1.29 is 37.4 Å². The second kappa shape index (κ2) is 10.3. The first-order chi connectivity index (χ1) is 6.78. The van der Waals surface area contributed by atoms with E-state index >= 15 is 0 Å². The number of hydrogen-bond donors (Lipinski definition) is 0. The van der Waals surface area contributed by atoms with Crippen LogP contribution in [-0.4, -0.2) is 15.5 Å². The minimum absolute atomic E-state index is 0. The fraction of sp³-hybridized carbons (Fsp3) is 0.800. The normalized spacial score (nSPS) is 12.0. The molecule has 0 amide bonds. The van der Waals surface area contributed by atoms with Gasteiger partial charge in [-0.2, -0.15) is 0 Å². The molecule has 0 aromatic heterocycles. The van der Waals surface area contributed by atoms with Gasteiger partial charge in [-0.15, -0.1) is 0 Å². The zero-order valence-corrected chi connectivity index (χ0v) is 17.7. The summed E-state index contributed by atoms with van der Waals surface area (Å²) in [6.45, 7) is 28.0. The molecule has 0 bridgehead atoms. The predicted octanol–water partition coefficient (Wildman–Crippen LogP) is 2.72. The van der Waals surface area contributed by atoms with Crippen molar-refractivity contribution in [3.8, 4) is 0 Å². The van der Waals surface area contributed by atoms with E-state index < -0.39 is 0 Å².